The van der Waals surface area contributed by atoms with Gasteiger partial charge in [0.25, 0.3) is 5.69 Å². The van der Waals surface area contributed by atoms with E-state index >= 15 is 0 Å². The van der Waals surface area contributed by atoms with Gasteiger partial charge in [0.05, 0.1) is 17.7 Å². The first-order valence-corrected chi connectivity index (χ1v) is 6.61. The van der Waals surface area contributed by atoms with E-state index in [2.05, 4.69) is 5.10 Å². The second kappa shape index (κ2) is 6.66. The van der Waals surface area contributed by atoms with Gasteiger partial charge < -0.3 is 4.90 Å². The molecular formula is C15H16N4O3. The van der Waals surface area contributed by atoms with E-state index in [4.69, 9.17) is 0 Å². The van der Waals surface area contributed by atoms with E-state index in [1.54, 1.807) is 55.4 Å². The van der Waals surface area contributed by atoms with Gasteiger partial charge in [0.1, 0.15) is 0 Å². The first-order valence-electron chi connectivity index (χ1n) is 6.61. The number of para-hydroxylation sites is 1. The molecule has 7 heteroatoms. The Balaban J connectivity index is 2.06. The molecule has 22 heavy (non-hydrogen) atoms. The fraction of sp³-hybridized carbons (Fsp3) is 0.200. The molecule has 1 amide bonds. The highest BCUT2D eigenvalue weighted by molar-refractivity contribution is 5.91. The van der Waals surface area contributed by atoms with E-state index in [1.807, 2.05) is 0 Å². The Bertz CT molecular complexity index is 721. The summed E-state index contributed by atoms with van der Waals surface area (Å²) in [5, 5.41) is 15.0. The molecule has 0 saturated carbocycles. The van der Waals surface area contributed by atoms with Gasteiger partial charge in [0.2, 0.25) is 5.91 Å². The Labute approximate surface area is 127 Å². The van der Waals surface area contributed by atoms with Crippen LogP contribution in [0.15, 0.2) is 42.7 Å². The number of carbonyl (C=O) groups is 1. The van der Waals surface area contributed by atoms with Crippen LogP contribution in [-0.2, 0) is 18.4 Å². The number of amides is 1. The summed E-state index contributed by atoms with van der Waals surface area (Å²) in [6.45, 7) is 0.174. The third-order valence-corrected chi connectivity index (χ3v) is 3.12. The quantitative estimate of drug-likeness (QED) is 0.480. The Morgan fingerprint density at radius 2 is 2.18 bits per heavy atom. The molecule has 0 N–H and O–H groups in total. The molecule has 0 radical (unpaired) electrons. The lowest BCUT2D eigenvalue weighted by Crippen LogP contribution is -2.24. The number of hydrogen-bond acceptors (Lipinski definition) is 4. The van der Waals surface area contributed by atoms with Crippen LogP contribution < -0.4 is 0 Å². The van der Waals surface area contributed by atoms with Gasteiger partial charge in [-0.2, -0.15) is 5.10 Å². The summed E-state index contributed by atoms with van der Waals surface area (Å²) in [5.74, 6) is -0.234. The normalized spacial score (nSPS) is 10.8. The molecule has 0 unspecified atom stereocenters. The zero-order valence-electron chi connectivity index (χ0n) is 12.3. The molecule has 0 atom stereocenters. The van der Waals surface area contributed by atoms with Gasteiger partial charge in [-0.1, -0.05) is 18.2 Å². The molecule has 114 valence electrons. The number of nitro groups is 1. The topological polar surface area (TPSA) is 81.3 Å². The Morgan fingerprint density at radius 3 is 2.82 bits per heavy atom. The molecule has 1 aromatic heterocycles. The van der Waals surface area contributed by atoms with Crippen molar-refractivity contribution >= 4 is 17.7 Å². The van der Waals surface area contributed by atoms with E-state index in [0.29, 0.717) is 5.56 Å². The van der Waals surface area contributed by atoms with Gasteiger partial charge in [0.15, 0.2) is 0 Å². The van der Waals surface area contributed by atoms with Crippen LogP contribution in [0, 0.1) is 10.1 Å². The van der Waals surface area contributed by atoms with Gasteiger partial charge >= 0.3 is 0 Å². The summed E-state index contributed by atoms with van der Waals surface area (Å²) in [6.07, 6.45) is 6.51. The van der Waals surface area contributed by atoms with Gasteiger partial charge in [-0.05, 0) is 6.08 Å². The zero-order chi connectivity index (χ0) is 16.1. The summed E-state index contributed by atoms with van der Waals surface area (Å²) in [7, 11) is 3.40. The molecule has 0 saturated heterocycles. The van der Waals surface area contributed by atoms with Crippen molar-refractivity contribution in [3.63, 3.8) is 0 Å². The van der Waals surface area contributed by atoms with E-state index in [9.17, 15) is 14.9 Å². The number of likely N-dealkylation sites (N-methyl/N-ethyl adjacent to an activating group) is 1. The third-order valence-electron chi connectivity index (χ3n) is 3.12. The Morgan fingerprint density at radius 1 is 1.45 bits per heavy atom. The second-order valence-corrected chi connectivity index (χ2v) is 4.86. The maximum atomic E-state index is 12.1. The lowest BCUT2D eigenvalue weighted by molar-refractivity contribution is -0.385. The van der Waals surface area contributed by atoms with E-state index in [0.717, 1.165) is 5.56 Å². The molecule has 0 aliphatic carbocycles. The van der Waals surface area contributed by atoms with Crippen LogP contribution in [0.2, 0.25) is 0 Å². The maximum absolute atomic E-state index is 12.1. The van der Waals surface area contributed by atoms with Crippen molar-refractivity contribution < 1.29 is 9.72 Å². The van der Waals surface area contributed by atoms with Crippen LogP contribution >= 0.6 is 0 Å². The largest absolute Gasteiger partial charge is 0.338 e. The van der Waals surface area contributed by atoms with Gasteiger partial charge in [-0.3, -0.25) is 19.6 Å². The van der Waals surface area contributed by atoms with Crippen LogP contribution in [0.3, 0.4) is 0 Å². The molecular weight excluding hydrogens is 284 g/mol. The third kappa shape index (κ3) is 3.78. The SMILES string of the molecule is CN(Cc1ccccc1[N+](=O)[O-])C(=O)/C=C/c1cnn(C)c1. The first-order chi connectivity index (χ1) is 10.5. The van der Waals surface area contributed by atoms with Crippen LogP contribution in [0.5, 0.6) is 0 Å². The Kier molecular flexibility index (Phi) is 4.67. The van der Waals surface area contributed by atoms with Gasteiger partial charge in [-0.25, -0.2) is 0 Å². The van der Waals surface area contributed by atoms with Gasteiger partial charge in [0, 0.05) is 43.6 Å². The Hall–Kier alpha value is -2.96. The van der Waals surface area contributed by atoms with Crippen molar-refractivity contribution in [2.24, 2.45) is 7.05 Å². The van der Waals surface area contributed by atoms with Crippen molar-refractivity contribution in [3.8, 4) is 0 Å². The summed E-state index contributed by atoms with van der Waals surface area (Å²) in [4.78, 5) is 24.0. The molecule has 2 rings (SSSR count). The number of hydrogen-bond donors (Lipinski definition) is 0. The zero-order valence-corrected chi connectivity index (χ0v) is 12.3. The van der Waals surface area contributed by atoms with Crippen LogP contribution in [-0.4, -0.2) is 32.6 Å². The molecule has 1 heterocycles. The molecule has 0 bridgehead atoms. The summed E-state index contributed by atoms with van der Waals surface area (Å²) < 4.78 is 1.64. The van der Waals surface area contributed by atoms with E-state index < -0.39 is 4.92 Å². The minimum atomic E-state index is -0.445. The van der Waals surface area contributed by atoms with Crippen LogP contribution in [0.1, 0.15) is 11.1 Å². The smallest absolute Gasteiger partial charge is 0.274 e. The molecule has 0 aliphatic heterocycles. The number of rotatable bonds is 5. The number of nitrogens with zero attached hydrogens (tertiary/aromatic N) is 4. The van der Waals surface area contributed by atoms with Crippen molar-refractivity contribution in [2.75, 3.05) is 7.05 Å². The number of aromatic nitrogens is 2. The fourth-order valence-electron chi connectivity index (χ4n) is 1.98. The monoisotopic (exact) mass is 300 g/mol. The highest BCUT2D eigenvalue weighted by atomic mass is 16.6. The van der Waals surface area contributed by atoms with Crippen LogP contribution in [0.25, 0.3) is 6.08 Å². The highest BCUT2D eigenvalue weighted by Gasteiger charge is 2.15. The van der Waals surface area contributed by atoms with Gasteiger partial charge in [-0.15, -0.1) is 0 Å². The van der Waals surface area contributed by atoms with E-state index in [-0.39, 0.29) is 18.1 Å². The maximum Gasteiger partial charge on any atom is 0.274 e. The summed E-state index contributed by atoms with van der Waals surface area (Å²) >= 11 is 0. The minimum absolute atomic E-state index is 0.0124. The van der Waals surface area contributed by atoms with Crippen LogP contribution in [0.4, 0.5) is 5.69 Å². The molecule has 0 aliphatic rings. The molecule has 1 aromatic carbocycles. The average molecular weight is 300 g/mol. The summed E-state index contributed by atoms with van der Waals surface area (Å²) in [6, 6.07) is 6.39. The molecule has 2 aromatic rings. The number of aryl methyl sites for hydroxylation is 1. The fourth-order valence-corrected chi connectivity index (χ4v) is 1.98. The van der Waals surface area contributed by atoms with Crippen molar-refractivity contribution in [1.29, 1.82) is 0 Å². The molecule has 7 nitrogen and oxygen atoms in total. The molecule has 0 spiro atoms. The molecule has 0 fully saturated rings. The number of carbonyl (C=O) groups excluding carboxylic acids is 1. The lowest BCUT2D eigenvalue weighted by Gasteiger charge is -2.15. The number of nitro benzene ring substituents is 1. The number of benzene rings is 1. The summed E-state index contributed by atoms with van der Waals surface area (Å²) in [5.41, 5.74) is 1.33. The van der Waals surface area contributed by atoms with E-state index in [1.165, 1.54) is 17.0 Å². The predicted molar refractivity (Wildman–Crippen MR) is 81.8 cm³/mol. The van der Waals surface area contributed by atoms with Crippen molar-refractivity contribution in [2.45, 2.75) is 6.54 Å². The van der Waals surface area contributed by atoms with Crippen molar-refractivity contribution in [1.82, 2.24) is 14.7 Å². The standard InChI is InChI=1S/C15H16N4O3/c1-17(11-13-5-3-4-6-14(13)19(21)22)15(20)8-7-12-9-16-18(2)10-12/h3-10H,11H2,1-2H3/b8-7+. The first kappa shape index (κ1) is 15.4. The second-order valence-electron chi connectivity index (χ2n) is 4.86. The predicted octanol–water partition coefficient (Wildman–Crippen LogP) is 2.00. The lowest BCUT2D eigenvalue weighted by atomic mass is 10.1. The minimum Gasteiger partial charge on any atom is -0.338 e. The highest BCUT2D eigenvalue weighted by Crippen LogP contribution is 2.19. The average Bonchev–Trinajstić information content (AvgIpc) is 2.90. The van der Waals surface area contributed by atoms with Crippen molar-refractivity contribution in [3.05, 3.63) is 64.0 Å².